The quantitative estimate of drug-likeness (QED) is 0.0115. The molecule has 494 valence electrons. The number of anilines is 3. The van der Waals surface area contributed by atoms with Crippen LogP contribution in [-0.2, 0) is 85.7 Å². The summed E-state index contributed by atoms with van der Waals surface area (Å²) in [5, 5.41) is 13.6. The lowest BCUT2D eigenvalue weighted by Gasteiger charge is -2.20. The summed E-state index contributed by atoms with van der Waals surface area (Å²) in [6, 6.07) is 17.0. The van der Waals surface area contributed by atoms with E-state index in [-0.39, 0.29) is 149 Å². The number of hydrogen-bond donors (Lipinski definition) is 10. The third kappa shape index (κ3) is 23.8. The molecule has 8 rings (SSSR count). The van der Waals surface area contributed by atoms with Crippen LogP contribution < -0.4 is 50.2 Å². The van der Waals surface area contributed by atoms with E-state index in [9.17, 15) is 38.4 Å². The van der Waals surface area contributed by atoms with E-state index < -0.39 is 53.6 Å². The van der Waals surface area contributed by atoms with Crippen molar-refractivity contribution in [3.05, 3.63) is 122 Å². The third-order valence-corrected chi connectivity index (χ3v) is 12.0. The molecule has 0 unspecified atom stereocenters. The molecule has 2 aromatic carbocycles. The van der Waals surface area contributed by atoms with Crippen LogP contribution in [0, 0.1) is 17.8 Å². The molecule has 0 fully saturated rings. The molecule has 0 aliphatic carbocycles. The molecule has 2 amide bonds. The molecule has 0 bridgehead atoms. The first-order valence-electron chi connectivity index (χ1n) is 27.7. The fourth-order valence-electron chi connectivity index (χ4n) is 7.30. The van der Waals surface area contributed by atoms with Crippen molar-refractivity contribution >= 4 is 94.3 Å². The number of nitrogens with two attached hydrogens (primary N) is 4. The zero-order valence-corrected chi connectivity index (χ0v) is 51.4. The summed E-state index contributed by atoms with van der Waals surface area (Å²) in [6.07, 6.45) is 2.26. The minimum Gasteiger partial charge on any atom is -0.462 e. The van der Waals surface area contributed by atoms with Gasteiger partial charge in [0.2, 0.25) is 17.8 Å². The average Bonchev–Trinajstić information content (AvgIpc) is 1.74. The van der Waals surface area contributed by atoms with Crippen molar-refractivity contribution in [3.8, 4) is 0 Å². The summed E-state index contributed by atoms with van der Waals surface area (Å²) in [4.78, 5) is 123. The Morgan fingerprint density at radius 3 is 1.30 bits per heavy atom. The van der Waals surface area contributed by atoms with Gasteiger partial charge in [0.05, 0.1) is 45.4 Å². The maximum Gasteiger partial charge on any atom is 0.410 e. The molecule has 0 aliphatic heterocycles. The molecule has 0 saturated carbocycles. The highest BCUT2D eigenvalue weighted by Crippen LogP contribution is 2.12. The van der Waals surface area contributed by atoms with Gasteiger partial charge in [-0.3, -0.25) is 57.9 Å². The Labute approximate surface area is 524 Å². The number of fused-ring (bicyclic) bond motifs is 3. The van der Waals surface area contributed by atoms with Crippen LogP contribution in [0.1, 0.15) is 52.7 Å². The third-order valence-electron chi connectivity index (χ3n) is 12.0. The van der Waals surface area contributed by atoms with E-state index in [0.717, 1.165) is 11.1 Å². The van der Waals surface area contributed by atoms with Gasteiger partial charge in [-0.1, -0.05) is 102 Å². The predicted octanol–water partition coefficient (Wildman–Crippen LogP) is 1.53. The van der Waals surface area contributed by atoms with E-state index in [0.29, 0.717) is 17.8 Å². The fraction of sp³-hybridized carbons (Fsp3) is 0.418. The number of amides is 2. The van der Waals surface area contributed by atoms with Crippen molar-refractivity contribution in [2.24, 2.45) is 23.5 Å². The van der Waals surface area contributed by atoms with Gasteiger partial charge in [0.15, 0.2) is 39.7 Å². The van der Waals surface area contributed by atoms with Gasteiger partial charge < -0.3 is 71.3 Å². The van der Waals surface area contributed by atoms with Gasteiger partial charge in [-0.25, -0.2) is 29.3 Å². The highest BCUT2D eigenvalue weighted by Gasteiger charge is 2.27. The second-order valence-corrected chi connectivity index (χ2v) is 20.0. The van der Waals surface area contributed by atoms with Crippen molar-refractivity contribution < 1.29 is 67.0 Å². The first-order chi connectivity index (χ1) is 43.1. The molecule has 6 heterocycles. The van der Waals surface area contributed by atoms with Crippen LogP contribution in [-0.4, -0.2) is 152 Å². The number of ether oxygens (including phenoxy) is 8. The summed E-state index contributed by atoms with van der Waals surface area (Å²) in [5.41, 5.74) is 24.1. The minimum absolute atomic E-state index is 0. The lowest BCUT2D eigenvalue weighted by Crippen LogP contribution is -2.45. The number of aliphatic hydroxyl groups is 1. The highest BCUT2D eigenvalue weighted by atomic mass is 35.5. The van der Waals surface area contributed by atoms with Gasteiger partial charge >= 0.3 is 24.1 Å². The van der Waals surface area contributed by atoms with E-state index in [2.05, 4.69) is 55.5 Å². The van der Waals surface area contributed by atoms with Crippen LogP contribution in [0.15, 0.2) is 94.0 Å². The minimum atomic E-state index is -0.871. The molecular formula is C55H75ClN18O17. The van der Waals surface area contributed by atoms with Gasteiger partial charge in [0.25, 0.3) is 23.2 Å². The Balaban J connectivity index is 0.000000269. The Morgan fingerprint density at radius 1 is 0.549 bits per heavy atom. The van der Waals surface area contributed by atoms with Gasteiger partial charge in [-0.2, -0.15) is 15.0 Å². The number of benzene rings is 2. The molecule has 36 heteroatoms. The number of nitrogen functional groups attached to an aromatic ring is 3. The van der Waals surface area contributed by atoms with E-state index in [4.69, 9.17) is 65.9 Å². The summed E-state index contributed by atoms with van der Waals surface area (Å²) >= 11 is 0. The molecular weight excluding hydrogens is 1220 g/mol. The zero-order chi connectivity index (χ0) is 65.7. The SMILES string of the molecule is CC(C)[C@H](N)C(=O)OCCOCn1cnc2c(=O)[nH]c(N)nc21.CC(C)[C@H](NC(=O)OCc1ccccc1)C(=O)OCCOCn1cnc2c(=O)[nH]c(N)nc21.CC(C)[C@H](NC(=O)OCc1ccccc1)OC=O.Cl.Nc1nc2c(ncn2COCCO)c(=O)[nH]1. The second-order valence-electron chi connectivity index (χ2n) is 20.0. The molecule has 0 spiro atoms. The van der Waals surface area contributed by atoms with Gasteiger partial charge in [0, 0.05) is 5.92 Å². The van der Waals surface area contributed by atoms with Crippen molar-refractivity contribution in [2.45, 2.75) is 93.3 Å². The topological polar surface area (TPSA) is 498 Å². The number of carbonyl (C=O) groups is 5. The van der Waals surface area contributed by atoms with E-state index in [1.54, 1.807) is 13.8 Å². The summed E-state index contributed by atoms with van der Waals surface area (Å²) in [5.74, 6) is -1.29. The number of aromatic nitrogens is 12. The predicted molar refractivity (Wildman–Crippen MR) is 329 cm³/mol. The Bertz CT molecular complexity index is 3750. The van der Waals surface area contributed by atoms with Gasteiger partial charge in [-0.05, 0) is 23.0 Å². The maximum absolute atomic E-state index is 12.4. The molecule has 6 aromatic heterocycles. The van der Waals surface area contributed by atoms with E-state index in [1.807, 2.05) is 88.4 Å². The smallest absolute Gasteiger partial charge is 0.410 e. The number of imidazole rings is 3. The number of nitrogens with one attached hydrogen (secondary N) is 5. The van der Waals surface area contributed by atoms with Gasteiger partial charge in [-0.15, -0.1) is 12.4 Å². The highest BCUT2D eigenvalue weighted by molar-refractivity contribution is 5.85. The largest absolute Gasteiger partial charge is 0.462 e. The van der Waals surface area contributed by atoms with Gasteiger partial charge in [0.1, 0.15) is 58.7 Å². The van der Waals surface area contributed by atoms with Crippen molar-refractivity contribution in [1.29, 1.82) is 0 Å². The Hall–Kier alpha value is -10.1. The second kappa shape index (κ2) is 37.7. The molecule has 91 heavy (non-hydrogen) atoms. The molecule has 8 aromatic rings. The van der Waals surface area contributed by atoms with Crippen LogP contribution in [0.3, 0.4) is 0 Å². The monoisotopic (exact) mass is 1290 g/mol. The van der Waals surface area contributed by atoms with Crippen LogP contribution >= 0.6 is 12.4 Å². The van der Waals surface area contributed by atoms with E-state index >= 15 is 0 Å². The first kappa shape index (κ1) is 73.4. The Morgan fingerprint density at radius 2 is 0.934 bits per heavy atom. The number of esters is 2. The number of alkyl carbamates (subject to hydrolysis) is 2. The van der Waals surface area contributed by atoms with Crippen molar-refractivity contribution in [2.75, 3.05) is 56.8 Å². The maximum atomic E-state index is 12.4. The number of nitrogens with zero attached hydrogens (tertiary/aromatic N) is 9. The fourth-order valence-corrected chi connectivity index (χ4v) is 7.30. The molecule has 35 nitrogen and oxygen atoms in total. The number of H-pyrrole nitrogens is 3. The average molecular weight is 1300 g/mol. The number of hydrogen-bond acceptors (Lipinski definition) is 27. The van der Waals surface area contributed by atoms with Crippen molar-refractivity contribution in [1.82, 2.24) is 69.2 Å². The standard InChI is InChI=1S/C21H26N6O6.C13H20N6O4.C13H17NO4.C8H11N5O3.ClH/c1-13(2)15(24-21(30)33-10-14-6-4-3-5-7-14)19(29)32-9-8-31-12-27-11-23-16-17(27)25-20(22)26-18(16)28;1-7(2)8(14)12(21)23-4-3-22-6-19-5-16-9-10(19)17-13(15)18-11(9)20;1-10(2)12(18-9-15)14-13(16)17-8-11-6-4-3-5-7-11;9-8-11-6-5(7(15)12-8)10-3-13(6)4-16-2-1-14;/h3-7,11,13,15H,8-10,12H2,1-2H3,(H,24,30)(H3,22,25,26,28);5,7-8H,3-4,6,14H2,1-2H3,(H3,15,17,18,20);3-7,9-10,12H,8H2,1-2H3,(H,14,16);3,14H,1-2,4H2,(H3,9,11,12,15);1H/t15-;8-;12-;;/m001../s1. The molecule has 0 radical (unpaired) electrons. The number of aromatic amines is 3. The van der Waals surface area contributed by atoms with Crippen LogP contribution in [0.25, 0.3) is 33.5 Å². The lowest BCUT2D eigenvalue weighted by atomic mass is 10.1. The summed E-state index contributed by atoms with van der Waals surface area (Å²) in [6.45, 7) is 12.2. The summed E-state index contributed by atoms with van der Waals surface area (Å²) < 4.78 is 45.6. The van der Waals surface area contributed by atoms with Crippen molar-refractivity contribution in [3.63, 3.8) is 0 Å². The molecule has 0 aliphatic rings. The number of halogens is 1. The number of carbonyl (C=O) groups excluding carboxylic acids is 5. The van der Waals surface area contributed by atoms with Crippen LogP contribution in [0.2, 0.25) is 0 Å². The van der Waals surface area contributed by atoms with Crippen LogP contribution in [0.4, 0.5) is 27.4 Å². The molecule has 14 N–H and O–H groups in total. The Kier molecular flexibility index (Phi) is 30.4. The van der Waals surface area contributed by atoms with Crippen LogP contribution in [0.5, 0.6) is 0 Å². The first-order valence-corrected chi connectivity index (χ1v) is 27.7. The lowest BCUT2D eigenvalue weighted by molar-refractivity contribution is -0.149. The van der Waals surface area contributed by atoms with E-state index in [1.165, 1.54) is 32.7 Å². The molecule has 0 saturated heterocycles. The zero-order valence-electron chi connectivity index (χ0n) is 50.5. The summed E-state index contributed by atoms with van der Waals surface area (Å²) in [7, 11) is 0. The number of rotatable bonds is 27. The number of aliphatic hydroxyl groups excluding tert-OH is 1. The normalized spacial score (nSPS) is 11.8. The molecule has 3 atom stereocenters.